The lowest BCUT2D eigenvalue weighted by atomic mass is 9.60. The molecule has 3 N–H and O–H groups in total. The van der Waals surface area contributed by atoms with E-state index in [-0.39, 0.29) is 63.4 Å². The molecule has 0 spiro atoms. The molecule has 1 fully saturated rings. The van der Waals surface area contributed by atoms with Crippen molar-refractivity contribution in [3.63, 3.8) is 0 Å². The first kappa shape index (κ1) is 43.3. The smallest absolute Gasteiger partial charge is 0.314 e. The molecule has 1 aliphatic heterocycles. The lowest BCUT2D eigenvalue weighted by Gasteiger charge is -2.58. The summed E-state index contributed by atoms with van der Waals surface area (Å²) in [5, 5.41) is 33.5. The highest BCUT2D eigenvalue weighted by Gasteiger charge is 2.54. The van der Waals surface area contributed by atoms with E-state index in [0.29, 0.717) is 31.6 Å². The highest BCUT2D eigenvalue weighted by Crippen LogP contribution is 2.51. The predicted octanol–water partition coefficient (Wildman–Crippen LogP) is 10.1. The number of aliphatic carboxylic acids is 1. The number of aromatic hydroxyl groups is 2. The molecule has 1 unspecified atom stereocenters. The fourth-order valence-corrected chi connectivity index (χ4v) is 8.49. The molecule has 7 heteroatoms. The van der Waals surface area contributed by atoms with Gasteiger partial charge in [-0.1, -0.05) is 107 Å². The maximum atomic E-state index is 13.4. The summed E-state index contributed by atoms with van der Waals surface area (Å²) in [4.78, 5) is 28.9. The van der Waals surface area contributed by atoms with Crippen molar-refractivity contribution in [1.82, 2.24) is 4.90 Å². The molecule has 1 aliphatic rings. The second kappa shape index (κ2) is 14.3. The number of likely N-dealkylation sites (tertiary alicyclic amines) is 1. The molecule has 2 aromatic rings. The molecule has 0 amide bonds. The number of carbonyl (C=O) groups excluding carboxylic acids is 1. The Morgan fingerprint density at radius 2 is 1.06 bits per heavy atom. The van der Waals surface area contributed by atoms with Gasteiger partial charge in [0.25, 0.3) is 0 Å². The number of carboxylic acid groups (broad SMARTS) is 1. The normalized spacial score (nSPS) is 18.6. The van der Waals surface area contributed by atoms with Crippen LogP contribution in [-0.2, 0) is 47.8 Å². The van der Waals surface area contributed by atoms with Gasteiger partial charge in [-0.25, -0.2) is 0 Å². The van der Waals surface area contributed by atoms with Crippen molar-refractivity contribution >= 4 is 11.9 Å². The van der Waals surface area contributed by atoms with Crippen LogP contribution in [0.1, 0.15) is 170 Å². The van der Waals surface area contributed by atoms with Gasteiger partial charge in [-0.05, 0) is 115 Å². The number of benzene rings is 2. The van der Waals surface area contributed by atoms with E-state index in [0.717, 1.165) is 33.4 Å². The molecule has 0 bridgehead atoms. The van der Waals surface area contributed by atoms with E-state index in [1.165, 1.54) is 0 Å². The quantitative estimate of drug-likeness (QED) is 0.221. The minimum atomic E-state index is -1.20. The van der Waals surface area contributed by atoms with Crippen molar-refractivity contribution in [1.29, 1.82) is 0 Å². The van der Waals surface area contributed by atoms with Crippen LogP contribution in [0.5, 0.6) is 11.5 Å². The second-order valence-electron chi connectivity index (χ2n) is 21.1. The third-order valence-electron chi connectivity index (χ3n) is 11.5. The van der Waals surface area contributed by atoms with Crippen LogP contribution in [0, 0.1) is 5.92 Å². The lowest BCUT2D eigenvalue weighted by Crippen LogP contribution is -2.64. The van der Waals surface area contributed by atoms with E-state index in [2.05, 4.69) is 74.1 Å². The van der Waals surface area contributed by atoms with E-state index >= 15 is 0 Å². The van der Waals surface area contributed by atoms with E-state index in [9.17, 15) is 24.9 Å². The standard InChI is InChI=1S/C45H71NO6/c1-39(2,3)31-22-28(23-32(36(31)48)40(4,5)6)18-19-35(47)52-21-20-46-43(13,14)26-30(27-44(46,15)16)45(17,38(50)51)29-24-33(41(7,8)9)37(49)34(25-29)42(10,11)12/h22-25,30,48-49H,18-21,26-27H2,1-17H3,(H,50,51). The Morgan fingerprint density at radius 3 is 1.40 bits per heavy atom. The fraction of sp³-hybridized carbons (Fsp3) is 0.689. The van der Waals surface area contributed by atoms with Gasteiger partial charge in [-0.3, -0.25) is 14.5 Å². The number of nitrogens with zero attached hydrogens (tertiary/aromatic N) is 1. The number of ether oxygens (including phenoxy) is 1. The first-order valence-corrected chi connectivity index (χ1v) is 19.2. The molecule has 0 aliphatic carbocycles. The van der Waals surface area contributed by atoms with E-state index in [1.54, 1.807) is 0 Å². The van der Waals surface area contributed by atoms with Crippen LogP contribution in [-0.4, -0.2) is 56.4 Å². The monoisotopic (exact) mass is 722 g/mol. The van der Waals surface area contributed by atoms with Gasteiger partial charge in [0.2, 0.25) is 0 Å². The average Bonchev–Trinajstić information content (AvgIpc) is 2.94. The number of esters is 1. The van der Waals surface area contributed by atoms with Crippen LogP contribution in [0.3, 0.4) is 0 Å². The second-order valence-corrected chi connectivity index (χ2v) is 21.1. The largest absolute Gasteiger partial charge is 0.507 e. The van der Waals surface area contributed by atoms with Crippen LogP contribution in [0.4, 0.5) is 0 Å². The molecule has 0 saturated carbocycles. The number of piperidine rings is 1. The molecule has 1 atom stereocenters. The Labute approximate surface area is 315 Å². The molecule has 1 heterocycles. The highest BCUT2D eigenvalue weighted by molar-refractivity contribution is 5.82. The van der Waals surface area contributed by atoms with Gasteiger partial charge in [-0.15, -0.1) is 0 Å². The number of phenolic OH excluding ortho intramolecular Hbond substituents is 2. The minimum absolute atomic E-state index is 0.194. The lowest BCUT2D eigenvalue weighted by molar-refractivity contribution is -0.153. The van der Waals surface area contributed by atoms with Crippen molar-refractivity contribution in [2.24, 2.45) is 5.92 Å². The highest BCUT2D eigenvalue weighted by atomic mass is 16.5. The number of carboxylic acids is 1. The molecule has 3 rings (SSSR count). The van der Waals surface area contributed by atoms with Gasteiger partial charge >= 0.3 is 11.9 Å². The van der Waals surface area contributed by atoms with E-state index < -0.39 is 11.4 Å². The van der Waals surface area contributed by atoms with Gasteiger partial charge in [-0.2, -0.15) is 0 Å². The third kappa shape index (κ3) is 9.17. The maximum absolute atomic E-state index is 13.4. The molecule has 0 radical (unpaired) electrons. The van der Waals surface area contributed by atoms with Crippen LogP contribution >= 0.6 is 0 Å². The SMILES string of the molecule is CC(C)(C)c1cc(CCC(=O)OCCN2C(C)(C)CC(C(C)(C(=O)O)c3cc(C(C)(C)C)c(O)c(C(C)(C)C)c3)CC2(C)C)cc(C(C)(C)C)c1O. The summed E-state index contributed by atoms with van der Waals surface area (Å²) >= 11 is 0. The van der Waals surface area contributed by atoms with Crippen molar-refractivity contribution in [2.45, 2.75) is 182 Å². The third-order valence-corrected chi connectivity index (χ3v) is 11.5. The Hall–Kier alpha value is -3.06. The first-order valence-electron chi connectivity index (χ1n) is 19.2. The number of aryl methyl sites for hydroxylation is 1. The zero-order valence-corrected chi connectivity index (χ0v) is 35.6. The predicted molar refractivity (Wildman–Crippen MR) is 213 cm³/mol. The molecule has 292 valence electrons. The van der Waals surface area contributed by atoms with Gasteiger partial charge in [0.05, 0.1) is 5.41 Å². The Morgan fingerprint density at radius 1 is 0.692 bits per heavy atom. The number of phenols is 2. The molecule has 2 aromatic carbocycles. The maximum Gasteiger partial charge on any atom is 0.314 e. The Kier molecular flexibility index (Phi) is 11.9. The first-order chi connectivity index (χ1) is 23.2. The van der Waals surface area contributed by atoms with Gasteiger partial charge in [0.15, 0.2) is 0 Å². The summed E-state index contributed by atoms with van der Waals surface area (Å²) < 4.78 is 5.83. The summed E-state index contributed by atoms with van der Waals surface area (Å²) in [7, 11) is 0. The summed E-state index contributed by atoms with van der Waals surface area (Å²) in [6, 6.07) is 7.89. The number of hydrogen-bond acceptors (Lipinski definition) is 6. The van der Waals surface area contributed by atoms with Gasteiger partial charge in [0, 0.05) is 24.0 Å². The average molecular weight is 722 g/mol. The molecule has 52 heavy (non-hydrogen) atoms. The fourth-order valence-electron chi connectivity index (χ4n) is 8.49. The summed E-state index contributed by atoms with van der Waals surface area (Å²) in [6.07, 6.45) is 2.03. The number of carbonyl (C=O) groups is 2. The molecular formula is C45H71NO6. The Bertz CT molecular complexity index is 1550. The minimum Gasteiger partial charge on any atom is -0.507 e. The van der Waals surface area contributed by atoms with Crippen LogP contribution < -0.4 is 0 Å². The van der Waals surface area contributed by atoms with Crippen molar-refractivity contribution in [3.8, 4) is 11.5 Å². The van der Waals surface area contributed by atoms with Crippen LogP contribution in [0.15, 0.2) is 24.3 Å². The number of rotatable bonds is 9. The van der Waals surface area contributed by atoms with Crippen molar-refractivity contribution < 1.29 is 29.6 Å². The van der Waals surface area contributed by atoms with Crippen molar-refractivity contribution in [3.05, 3.63) is 57.6 Å². The molecule has 1 saturated heterocycles. The van der Waals surface area contributed by atoms with Crippen LogP contribution in [0.25, 0.3) is 0 Å². The van der Waals surface area contributed by atoms with E-state index in [4.69, 9.17) is 4.74 Å². The summed E-state index contributed by atoms with van der Waals surface area (Å²) in [6.45, 7) is 36.1. The van der Waals surface area contributed by atoms with Crippen molar-refractivity contribution in [2.75, 3.05) is 13.2 Å². The van der Waals surface area contributed by atoms with E-state index in [1.807, 2.05) is 72.7 Å². The topological polar surface area (TPSA) is 107 Å². The molecule has 7 nitrogen and oxygen atoms in total. The summed E-state index contributed by atoms with van der Waals surface area (Å²) in [5.41, 5.74) is 1.79. The Balaban J connectivity index is 1.82. The zero-order valence-electron chi connectivity index (χ0n) is 35.6. The van der Waals surface area contributed by atoms with Crippen LogP contribution in [0.2, 0.25) is 0 Å². The summed E-state index contributed by atoms with van der Waals surface area (Å²) in [5.74, 6) is -0.747. The molecule has 0 aromatic heterocycles. The zero-order chi connectivity index (χ0) is 40.2. The molecular weight excluding hydrogens is 650 g/mol. The van der Waals surface area contributed by atoms with Gasteiger partial charge < -0.3 is 20.1 Å². The van der Waals surface area contributed by atoms with Gasteiger partial charge in [0.1, 0.15) is 18.1 Å². The number of hydrogen-bond donors (Lipinski definition) is 3.